The Labute approximate surface area is 171 Å². The number of likely N-dealkylation sites (tertiary alicyclic amines) is 1. The largest absolute Gasteiger partial charge is 0.327 e. The summed E-state index contributed by atoms with van der Waals surface area (Å²) in [5.41, 5.74) is 0.881. The number of hydrogen-bond acceptors (Lipinski definition) is 4. The Morgan fingerprint density at radius 2 is 1.96 bits per heavy atom. The molecule has 0 unspecified atom stereocenters. The topological polar surface area (TPSA) is 92.6 Å². The summed E-state index contributed by atoms with van der Waals surface area (Å²) < 4.78 is 0. The highest BCUT2D eigenvalue weighted by atomic mass is 35.5. The lowest BCUT2D eigenvalue weighted by Crippen LogP contribution is -2.43. The van der Waals surface area contributed by atoms with Gasteiger partial charge < -0.3 is 10.2 Å². The number of nitro groups is 1. The molecule has 1 saturated heterocycles. The molecule has 7 nitrogen and oxygen atoms in total. The van der Waals surface area contributed by atoms with Gasteiger partial charge in [0, 0.05) is 28.8 Å². The summed E-state index contributed by atoms with van der Waals surface area (Å²) in [6.07, 6.45) is 1.14. The fourth-order valence-electron chi connectivity index (χ4n) is 3.20. The Balaban J connectivity index is 1.81. The minimum absolute atomic E-state index is 0.128. The number of carbonyl (C=O) groups excluding carboxylic acids is 2. The summed E-state index contributed by atoms with van der Waals surface area (Å²) in [5.74, 6) is -0.797. The third-order valence-corrected chi connectivity index (χ3v) is 5.22. The summed E-state index contributed by atoms with van der Waals surface area (Å²) in [4.78, 5) is 37.7. The predicted molar refractivity (Wildman–Crippen MR) is 107 cm³/mol. The maximum Gasteiger partial charge on any atom is 0.273 e. The van der Waals surface area contributed by atoms with E-state index in [1.165, 1.54) is 29.2 Å². The fraction of sp³-hybridized carbons (Fsp3) is 0.263. The number of halogens is 2. The highest BCUT2D eigenvalue weighted by Gasteiger charge is 2.35. The number of nitrogens with one attached hydrogen (secondary N) is 1. The van der Waals surface area contributed by atoms with Crippen molar-refractivity contribution >= 4 is 46.4 Å². The van der Waals surface area contributed by atoms with Gasteiger partial charge in [-0.05, 0) is 44.0 Å². The Hall–Kier alpha value is -2.64. The standard InChI is InChI=1S/C19H17Cl2N3O4/c1-11-4-5-12(9-17(11)24(27)28)19(26)23-8-2-3-16(23)18(25)22-15-10-13(20)6-7-14(15)21/h4-7,9-10,16H,2-3,8H2,1H3,(H,22,25)/t16-/m0/s1. The Kier molecular flexibility index (Phi) is 5.86. The zero-order valence-corrected chi connectivity index (χ0v) is 16.5. The van der Waals surface area contributed by atoms with E-state index in [0.717, 1.165) is 0 Å². The van der Waals surface area contributed by atoms with Crippen molar-refractivity contribution in [1.82, 2.24) is 4.90 Å². The molecule has 1 N–H and O–H groups in total. The SMILES string of the molecule is Cc1ccc(C(=O)N2CCC[C@H]2C(=O)Nc2cc(Cl)ccc2Cl)cc1[N+](=O)[O-]. The van der Waals surface area contributed by atoms with Crippen molar-refractivity contribution in [3.8, 4) is 0 Å². The molecule has 0 aliphatic carbocycles. The number of rotatable bonds is 4. The molecule has 1 aliphatic rings. The predicted octanol–water partition coefficient (Wildman–Crippen LogP) is 4.45. The lowest BCUT2D eigenvalue weighted by molar-refractivity contribution is -0.385. The quantitative estimate of drug-likeness (QED) is 0.582. The van der Waals surface area contributed by atoms with Gasteiger partial charge in [-0.15, -0.1) is 0 Å². The third kappa shape index (κ3) is 4.10. The molecule has 0 saturated carbocycles. The first-order valence-corrected chi connectivity index (χ1v) is 9.35. The van der Waals surface area contributed by atoms with Crippen molar-refractivity contribution in [3.63, 3.8) is 0 Å². The van der Waals surface area contributed by atoms with Crippen LogP contribution in [0.15, 0.2) is 36.4 Å². The van der Waals surface area contributed by atoms with E-state index in [2.05, 4.69) is 5.32 Å². The molecule has 146 valence electrons. The van der Waals surface area contributed by atoms with Crippen LogP contribution in [0.3, 0.4) is 0 Å². The van der Waals surface area contributed by atoms with Crippen molar-refractivity contribution in [1.29, 1.82) is 0 Å². The van der Waals surface area contributed by atoms with Crippen LogP contribution < -0.4 is 5.32 Å². The smallest absolute Gasteiger partial charge is 0.273 e. The second kappa shape index (κ2) is 8.16. The number of nitrogens with zero attached hydrogens (tertiary/aromatic N) is 2. The minimum atomic E-state index is -0.692. The van der Waals surface area contributed by atoms with Crippen molar-refractivity contribution in [3.05, 3.63) is 67.7 Å². The van der Waals surface area contributed by atoms with Gasteiger partial charge in [0.15, 0.2) is 0 Å². The van der Waals surface area contributed by atoms with Crippen molar-refractivity contribution < 1.29 is 14.5 Å². The molecule has 9 heteroatoms. The van der Waals surface area contributed by atoms with Gasteiger partial charge in [-0.2, -0.15) is 0 Å². The van der Waals surface area contributed by atoms with Gasteiger partial charge in [-0.3, -0.25) is 19.7 Å². The Morgan fingerprint density at radius 3 is 2.68 bits per heavy atom. The van der Waals surface area contributed by atoms with Gasteiger partial charge >= 0.3 is 0 Å². The van der Waals surface area contributed by atoms with Gasteiger partial charge in [0.05, 0.1) is 15.6 Å². The number of benzene rings is 2. The molecule has 3 rings (SSSR count). The van der Waals surface area contributed by atoms with E-state index in [1.807, 2.05) is 0 Å². The maximum atomic E-state index is 12.9. The van der Waals surface area contributed by atoms with Gasteiger partial charge in [-0.1, -0.05) is 29.3 Å². The first-order chi connectivity index (χ1) is 13.3. The molecular formula is C19H17Cl2N3O4. The number of amides is 2. The normalized spacial score (nSPS) is 16.1. The van der Waals surface area contributed by atoms with Crippen LogP contribution in [0.2, 0.25) is 10.0 Å². The van der Waals surface area contributed by atoms with Crippen LogP contribution in [0.5, 0.6) is 0 Å². The fourth-order valence-corrected chi connectivity index (χ4v) is 3.53. The van der Waals surface area contributed by atoms with Crippen LogP contribution in [0.4, 0.5) is 11.4 Å². The summed E-state index contributed by atoms with van der Waals surface area (Å²) in [7, 11) is 0. The minimum Gasteiger partial charge on any atom is -0.327 e. The first kappa shape index (κ1) is 20.1. The molecule has 2 amide bonds. The number of anilines is 1. The van der Waals surface area contributed by atoms with Gasteiger partial charge in [0.25, 0.3) is 11.6 Å². The van der Waals surface area contributed by atoms with Gasteiger partial charge in [-0.25, -0.2) is 0 Å². The zero-order valence-electron chi connectivity index (χ0n) is 14.9. The molecule has 1 fully saturated rings. The second-order valence-electron chi connectivity index (χ2n) is 6.53. The Bertz CT molecular complexity index is 964. The molecule has 0 radical (unpaired) electrons. The third-order valence-electron chi connectivity index (χ3n) is 4.66. The lowest BCUT2D eigenvalue weighted by atomic mass is 10.1. The molecule has 2 aromatic carbocycles. The van der Waals surface area contributed by atoms with E-state index >= 15 is 0 Å². The van der Waals surface area contributed by atoms with Crippen molar-refractivity contribution in [2.45, 2.75) is 25.8 Å². The summed E-state index contributed by atoms with van der Waals surface area (Å²) in [5, 5.41) is 14.6. The van der Waals surface area contributed by atoms with Crippen molar-refractivity contribution in [2.24, 2.45) is 0 Å². The van der Waals surface area contributed by atoms with Crippen molar-refractivity contribution in [2.75, 3.05) is 11.9 Å². The second-order valence-corrected chi connectivity index (χ2v) is 7.37. The molecule has 0 bridgehead atoms. The van der Waals surface area contributed by atoms with E-state index < -0.39 is 16.9 Å². The highest BCUT2D eigenvalue weighted by Crippen LogP contribution is 2.28. The molecule has 1 heterocycles. The lowest BCUT2D eigenvalue weighted by Gasteiger charge is -2.24. The van der Waals surface area contributed by atoms with Crippen LogP contribution in [0.1, 0.15) is 28.8 Å². The van der Waals surface area contributed by atoms with Crippen LogP contribution in [-0.2, 0) is 4.79 Å². The van der Waals surface area contributed by atoms with Crippen LogP contribution >= 0.6 is 23.2 Å². The molecule has 0 aromatic heterocycles. The Morgan fingerprint density at radius 1 is 1.21 bits per heavy atom. The molecule has 2 aromatic rings. The summed E-state index contributed by atoms with van der Waals surface area (Å²) in [6.45, 7) is 2.00. The van der Waals surface area contributed by atoms with Gasteiger partial charge in [0.2, 0.25) is 5.91 Å². The van der Waals surface area contributed by atoms with Gasteiger partial charge in [0.1, 0.15) is 6.04 Å². The summed E-state index contributed by atoms with van der Waals surface area (Å²) in [6, 6.07) is 8.33. The first-order valence-electron chi connectivity index (χ1n) is 8.60. The highest BCUT2D eigenvalue weighted by molar-refractivity contribution is 6.35. The van der Waals surface area contributed by atoms with E-state index in [9.17, 15) is 19.7 Å². The van der Waals surface area contributed by atoms with E-state index in [1.54, 1.807) is 19.1 Å². The van der Waals surface area contributed by atoms with Crippen LogP contribution in [-0.4, -0.2) is 34.2 Å². The monoisotopic (exact) mass is 421 g/mol. The zero-order chi connectivity index (χ0) is 20.4. The summed E-state index contributed by atoms with van der Waals surface area (Å²) >= 11 is 12.0. The molecular weight excluding hydrogens is 405 g/mol. The number of carbonyl (C=O) groups is 2. The van der Waals surface area contributed by atoms with E-state index in [-0.39, 0.29) is 17.2 Å². The number of nitro benzene ring substituents is 1. The molecule has 28 heavy (non-hydrogen) atoms. The van der Waals surface area contributed by atoms with Crippen LogP contribution in [0, 0.1) is 17.0 Å². The van der Waals surface area contributed by atoms with E-state index in [0.29, 0.717) is 40.7 Å². The average molecular weight is 422 g/mol. The van der Waals surface area contributed by atoms with Crippen LogP contribution in [0.25, 0.3) is 0 Å². The molecule has 0 spiro atoms. The number of aryl methyl sites for hydroxylation is 1. The van der Waals surface area contributed by atoms with E-state index in [4.69, 9.17) is 23.2 Å². The maximum absolute atomic E-state index is 12.9. The molecule has 1 aliphatic heterocycles. The molecule has 1 atom stereocenters. The number of hydrogen-bond donors (Lipinski definition) is 1. The average Bonchev–Trinajstić information content (AvgIpc) is 3.14.